The zero-order valence-corrected chi connectivity index (χ0v) is 22.0. The number of aryl methyl sites for hydroxylation is 1. The molecule has 35 heavy (non-hydrogen) atoms. The largest absolute Gasteiger partial charge is 0.385 e. The van der Waals surface area contributed by atoms with E-state index in [1.807, 2.05) is 56.4 Å². The average molecular weight is 480 g/mol. The first-order chi connectivity index (χ1) is 17.0. The van der Waals surface area contributed by atoms with E-state index < -0.39 is 5.60 Å². The molecule has 1 saturated carbocycles. The molecule has 0 aliphatic heterocycles. The summed E-state index contributed by atoms with van der Waals surface area (Å²) in [5, 5.41) is 15.3. The van der Waals surface area contributed by atoms with Crippen LogP contribution in [0.5, 0.6) is 0 Å². The van der Waals surface area contributed by atoms with Gasteiger partial charge in [-0.1, -0.05) is 80.1 Å². The molecule has 0 bridgehead atoms. The van der Waals surface area contributed by atoms with Crippen LogP contribution in [0, 0.1) is 18.8 Å². The summed E-state index contributed by atoms with van der Waals surface area (Å²) in [4.78, 5) is 13.4. The molecule has 0 saturated heterocycles. The lowest BCUT2D eigenvalue weighted by Crippen LogP contribution is -2.28. The Bertz CT molecular complexity index is 921. The summed E-state index contributed by atoms with van der Waals surface area (Å²) in [6, 6.07) is 15.8. The van der Waals surface area contributed by atoms with Crippen molar-refractivity contribution in [3.63, 3.8) is 0 Å². The van der Waals surface area contributed by atoms with Crippen LogP contribution in [0.15, 0.2) is 48.5 Å². The number of hydrogen-bond acceptors (Lipinski definition) is 4. The van der Waals surface area contributed by atoms with Gasteiger partial charge in [-0.15, -0.1) is 0 Å². The van der Waals surface area contributed by atoms with Gasteiger partial charge in [-0.2, -0.15) is 0 Å². The van der Waals surface area contributed by atoms with Gasteiger partial charge in [0.1, 0.15) is 5.60 Å². The quantitative estimate of drug-likeness (QED) is 0.242. The van der Waals surface area contributed by atoms with Crippen molar-refractivity contribution >= 4 is 5.78 Å². The molecule has 0 amide bonds. The van der Waals surface area contributed by atoms with E-state index >= 15 is 0 Å². The number of nitrogens with one attached hydrogen (secondary N) is 1. The van der Waals surface area contributed by atoms with Gasteiger partial charge in [0.05, 0.1) is 0 Å². The maximum Gasteiger partial charge on any atom is 0.163 e. The topological polar surface area (TPSA) is 58.6 Å². The molecule has 0 radical (unpaired) electrons. The Kier molecular flexibility index (Phi) is 11.0. The number of aliphatic hydroxyl groups is 1. The van der Waals surface area contributed by atoms with Crippen LogP contribution in [-0.2, 0) is 10.3 Å². The molecule has 2 aromatic rings. The normalized spacial score (nSPS) is 17.1. The number of rotatable bonds is 14. The van der Waals surface area contributed by atoms with E-state index in [0.29, 0.717) is 30.9 Å². The van der Waals surface area contributed by atoms with Crippen molar-refractivity contribution in [1.82, 2.24) is 5.32 Å². The summed E-state index contributed by atoms with van der Waals surface area (Å²) < 4.78 is 5.22. The van der Waals surface area contributed by atoms with Gasteiger partial charge in [0.25, 0.3) is 0 Å². The Balaban J connectivity index is 1.80. The lowest BCUT2D eigenvalue weighted by molar-refractivity contribution is 0.0650. The Labute approximate surface area is 212 Å². The van der Waals surface area contributed by atoms with Crippen LogP contribution in [0.1, 0.15) is 91.3 Å². The summed E-state index contributed by atoms with van der Waals surface area (Å²) >= 11 is 0. The Morgan fingerprint density at radius 3 is 2.49 bits per heavy atom. The molecule has 2 N–H and O–H groups in total. The SMILES string of the molecule is CNC[C@@H](CC(=O)c1cccc([C@@](O)(CCCCOC)c2cccc(C)c2)c1)CC1CCCCC1. The minimum atomic E-state index is -1.14. The molecule has 0 aromatic heterocycles. The van der Waals surface area contributed by atoms with E-state index in [-0.39, 0.29) is 5.78 Å². The molecule has 0 spiro atoms. The standard InChI is InChI=1S/C31H45NO3/c1-24-11-9-15-28(19-24)31(34,17-7-8-18-35-3)29-16-10-14-27(22-29)30(33)21-26(23-32-2)20-25-12-5-4-6-13-25/h9-11,14-16,19,22,25-26,32,34H,4-8,12-13,17-18,20-21,23H2,1-3H3/t26-,31-/m1/s1. The molecule has 0 heterocycles. The molecule has 2 aromatic carbocycles. The van der Waals surface area contributed by atoms with E-state index in [2.05, 4.69) is 11.4 Å². The van der Waals surface area contributed by atoms with Crippen molar-refractivity contribution in [2.75, 3.05) is 27.3 Å². The van der Waals surface area contributed by atoms with Crippen molar-refractivity contribution in [3.8, 4) is 0 Å². The lowest BCUT2D eigenvalue weighted by Gasteiger charge is -2.30. The van der Waals surface area contributed by atoms with Crippen LogP contribution in [0.2, 0.25) is 0 Å². The number of carbonyl (C=O) groups is 1. The number of Topliss-reactive ketones (excluding diaryl/α,β-unsaturated/α-hetero) is 1. The molecular weight excluding hydrogens is 434 g/mol. The average Bonchev–Trinajstić information content (AvgIpc) is 2.87. The highest BCUT2D eigenvalue weighted by Crippen LogP contribution is 2.36. The monoisotopic (exact) mass is 479 g/mol. The second kappa shape index (κ2) is 13.9. The number of ether oxygens (including phenoxy) is 1. The van der Waals surface area contributed by atoms with Gasteiger partial charge in [-0.25, -0.2) is 0 Å². The number of unbranched alkanes of at least 4 members (excludes halogenated alkanes) is 1. The van der Waals surface area contributed by atoms with Crippen LogP contribution >= 0.6 is 0 Å². The molecule has 2 atom stereocenters. The molecule has 4 heteroatoms. The van der Waals surface area contributed by atoms with Gasteiger partial charge >= 0.3 is 0 Å². The van der Waals surface area contributed by atoms with Gasteiger partial charge in [-0.05, 0) is 75.2 Å². The van der Waals surface area contributed by atoms with E-state index in [0.717, 1.165) is 48.4 Å². The molecule has 1 aliphatic carbocycles. The van der Waals surface area contributed by atoms with Crippen LogP contribution < -0.4 is 5.32 Å². The molecule has 3 rings (SSSR count). The lowest BCUT2D eigenvalue weighted by atomic mass is 9.79. The van der Waals surface area contributed by atoms with E-state index in [1.54, 1.807) is 7.11 Å². The van der Waals surface area contributed by atoms with Gasteiger partial charge < -0.3 is 15.2 Å². The highest BCUT2D eigenvalue weighted by atomic mass is 16.5. The molecular formula is C31H45NO3. The summed E-state index contributed by atoms with van der Waals surface area (Å²) in [7, 11) is 3.68. The van der Waals surface area contributed by atoms with Gasteiger partial charge in [0.2, 0.25) is 0 Å². The van der Waals surface area contributed by atoms with Gasteiger partial charge in [0.15, 0.2) is 5.78 Å². The Morgan fingerprint density at radius 1 is 1.09 bits per heavy atom. The highest BCUT2D eigenvalue weighted by Gasteiger charge is 2.32. The zero-order chi connectivity index (χ0) is 25.1. The minimum absolute atomic E-state index is 0.175. The number of hydrogen-bond donors (Lipinski definition) is 2. The Morgan fingerprint density at radius 2 is 1.80 bits per heavy atom. The van der Waals surface area contributed by atoms with Crippen LogP contribution in [-0.4, -0.2) is 38.2 Å². The zero-order valence-electron chi connectivity index (χ0n) is 22.0. The fourth-order valence-corrected chi connectivity index (χ4v) is 5.74. The highest BCUT2D eigenvalue weighted by molar-refractivity contribution is 5.96. The fourth-order valence-electron chi connectivity index (χ4n) is 5.74. The summed E-state index contributed by atoms with van der Waals surface area (Å²) in [6.45, 7) is 3.59. The van der Waals surface area contributed by atoms with E-state index in [9.17, 15) is 9.90 Å². The maximum atomic E-state index is 13.4. The van der Waals surface area contributed by atoms with Crippen LogP contribution in [0.25, 0.3) is 0 Å². The third-order valence-electron chi connectivity index (χ3n) is 7.65. The number of methoxy groups -OCH3 is 1. The number of carbonyl (C=O) groups excluding carboxylic acids is 1. The number of benzene rings is 2. The molecule has 0 unspecified atom stereocenters. The predicted octanol–water partition coefficient (Wildman–Crippen LogP) is 6.43. The van der Waals surface area contributed by atoms with E-state index in [4.69, 9.17) is 4.74 Å². The van der Waals surface area contributed by atoms with Gasteiger partial charge in [-0.3, -0.25) is 4.79 Å². The van der Waals surface area contributed by atoms with Crippen molar-refractivity contribution < 1.29 is 14.6 Å². The summed E-state index contributed by atoms with van der Waals surface area (Å²) in [5.41, 5.74) is 2.36. The fraction of sp³-hybridized carbons (Fsp3) is 0.581. The van der Waals surface area contributed by atoms with Crippen molar-refractivity contribution in [1.29, 1.82) is 0 Å². The van der Waals surface area contributed by atoms with Gasteiger partial charge in [0, 0.05) is 25.7 Å². The molecule has 4 nitrogen and oxygen atoms in total. The second-order valence-electron chi connectivity index (χ2n) is 10.6. The van der Waals surface area contributed by atoms with Crippen LogP contribution in [0.3, 0.4) is 0 Å². The Hall–Kier alpha value is -2.01. The summed E-state index contributed by atoms with van der Waals surface area (Å²) in [6.07, 6.45) is 10.6. The third-order valence-corrected chi connectivity index (χ3v) is 7.65. The first-order valence-electron chi connectivity index (χ1n) is 13.5. The third kappa shape index (κ3) is 7.99. The van der Waals surface area contributed by atoms with Crippen molar-refractivity contribution in [2.24, 2.45) is 11.8 Å². The predicted molar refractivity (Wildman–Crippen MR) is 144 cm³/mol. The second-order valence-corrected chi connectivity index (χ2v) is 10.6. The smallest absolute Gasteiger partial charge is 0.163 e. The van der Waals surface area contributed by atoms with Crippen LogP contribution in [0.4, 0.5) is 0 Å². The number of ketones is 1. The first-order valence-corrected chi connectivity index (χ1v) is 13.5. The van der Waals surface area contributed by atoms with E-state index in [1.165, 1.54) is 32.1 Å². The maximum absolute atomic E-state index is 13.4. The first kappa shape index (κ1) is 27.6. The molecule has 192 valence electrons. The molecule has 1 fully saturated rings. The minimum Gasteiger partial charge on any atom is -0.385 e. The summed E-state index contributed by atoms with van der Waals surface area (Å²) in [5.74, 6) is 1.28. The molecule has 1 aliphatic rings. The van der Waals surface area contributed by atoms with Crippen molar-refractivity contribution in [2.45, 2.75) is 76.7 Å². The van der Waals surface area contributed by atoms with Crippen molar-refractivity contribution in [3.05, 3.63) is 70.8 Å².